The lowest BCUT2D eigenvalue weighted by Gasteiger charge is -2.32. The number of aryl methyl sites for hydroxylation is 1. The fourth-order valence-corrected chi connectivity index (χ4v) is 4.20. The molecule has 0 fully saturated rings. The van der Waals surface area contributed by atoms with Gasteiger partial charge >= 0.3 is 0 Å². The number of allylic oxidation sites excluding steroid dienone is 1. The van der Waals surface area contributed by atoms with E-state index in [0.717, 1.165) is 27.9 Å². The Balaban J connectivity index is 2.05. The van der Waals surface area contributed by atoms with Crippen LogP contribution < -0.4 is 20.5 Å². The first-order chi connectivity index (χ1) is 14.0. The Hall–Kier alpha value is -3.53. The molecule has 1 atom stereocenters. The number of hydrogen-bond acceptors (Lipinski definition) is 6. The second-order valence-electron chi connectivity index (χ2n) is 7.15. The zero-order valence-corrected chi connectivity index (χ0v) is 16.6. The Morgan fingerprint density at radius 1 is 1.45 bits per heavy atom. The van der Waals surface area contributed by atoms with Gasteiger partial charge in [-0.05, 0) is 32.4 Å². The summed E-state index contributed by atoms with van der Waals surface area (Å²) in [6.45, 7) is 6.61. The third kappa shape index (κ3) is 2.88. The zero-order chi connectivity index (χ0) is 20.7. The molecule has 148 valence electrons. The van der Waals surface area contributed by atoms with E-state index in [1.165, 1.54) is 0 Å². The molecule has 0 saturated heterocycles. The Morgan fingerprint density at radius 3 is 2.93 bits per heavy atom. The number of anilines is 1. The molecule has 0 spiro atoms. The fourth-order valence-electron chi connectivity index (χ4n) is 4.20. The first kappa shape index (κ1) is 18.8. The topological polar surface area (TPSA) is 110 Å². The third-order valence-electron chi connectivity index (χ3n) is 5.43. The van der Waals surface area contributed by atoms with Crippen LogP contribution in [0.5, 0.6) is 11.6 Å². The van der Waals surface area contributed by atoms with E-state index in [1.54, 1.807) is 12.3 Å². The number of benzene rings is 1. The minimum Gasteiger partial charge on any atom is -0.493 e. The average Bonchev–Trinajstić information content (AvgIpc) is 3.18. The second kappa shape index (κ2) is 7.13. The molecule has 0 saturated carbocycles. The van der Waals surface area contributed by atoms with Gasteiger partial charge < -0.3 is 20.5 Å². The van der Waals surface area contributed by atoms with Gasteiger partial charge in [0.15, 0.2) is 0 Å². The summed E-state index contributed by atoms with van der Waals surface area (Å²) in [6.07, 6.45) is 2.40. The molecule has 29 heavy (non-hydrogen) atoms. The summed E-state index contributed by atoms with van der Waals surface area (Å²) in [4.78, 5) is 17.0. The lowest BCUT2D eigenvalue weighted by Crippen LogP contribution is -2.28. The standard InChI is InChI=1S/C22H22N4O3/c1-4-28-22-18-17(15-6-5-13(9-23)14-7-8-29-20(14)15)16(21(24)27)12(3)26-19(18)11(2)10-25-22/h5-6,10,17,26H,4,7-8H2,1-3H3,(H2,24,27)/t17-/m0/s1. The van der Waals surface area contributed by atoms with E-state index in [1.807, 2.05) is 26.8 Å². The summed E-state index contributed by atoms with van der Waals surface area (Å²) in [5, 5.41) is 12.8. The molecular formula is C22H22N4O3. The maximum Gasteiger partial charge on any atom is 0.247 e. The number of hydrogen-bond donors (Lipinski definition) is 2. The molecule has 2 aromatic rings. The number of ether oxygens (including phenoxy) is 2. The smallest absolute Gasteiger partial charge is 0.247 e. The van der Waals surface area contributed by atoms with Crippen LogP contribution in [0.1, 0.15) is 47.6 Å². The molecule has 0 unspecified atom stereocenters. The summed E-state index contributed by atoms with van der Waals surface area (Å²) in [5.74, 6) is 0.0772. The summed E-state index contributed by atoms with van der Waals surface area (Å²) in [5.41, 5.74) is 11.7. The maximum absolute atomic E-state index is 12.5. The van der Waals surface area contributed by atoms with Crippen molar-refractivity contribution in [2.45, 2.75) is 33.1 Å². The quantitative estimate of drug-likeness (QED) is 0.830. The summed E-state index contributed by atoms with van der Waals surface area (Å²) >= 11 is 0. The normalized spacial score (nSPS) is 17.0. The van der Waals surface area contributed by atoms with Crippen LogP contribution in [-0.4, -0.2) is 24.1 Å². The van der Waals surface area contributed by atoms with E-state index >= 15 is 0 Å². The summed E-state index contributed by atoms with van der Waals surface area (Å²) in [6, 6.07) is 5.85. The van der Waals surface area contributed by atoms with Crippen molar-refractivity contribution in [2.75, 3.05) is 18.5 Å². The van der Waals surface area contributed by atoms with Gasteiger partial charge in [0.1, 0.15) is 5.75 Å². The molecule has 1 aromatic carbocycles. The fraction of sp³-hybridized carbons (Fsp3) is 0.318. The highest BCUT2D eigenvalue weighted by atomic mass is 16.5. The maximum atomic E-state index is 12.5. The minimum absolute atomic E-state index is 0.436. The average molecular weight is 390 g/mol. The van der Waals surface area contributed by atoms with Gasteiger partial charge in [0.05, 0.1) is 42.0 Å². The predicted octanol–water partition coefficient (Wildman–Crippen LogP) is 2.91. The number of nitriles is 1. The Labute approximate surface area is 169 Å². The lowest BCUT2D eigenvalue weighted by molar-refractivity contribution is -0.114. The predicted molar refractivity (Wildman–Crippen MR) is 108 cm³/mol. The van der Waals surface area contributed by atoms with Crippen molar-refractivity contribution in [3.63, 3.8) is 0 Å². The Bertz CT molecular complexity index is 1100. The molecule has 0 radical (unpaired) electrons. The SMILES string of the molecule is CCOc1ncc(C)c2c1[C@@H](c1ccc(C#N)c3c1OCC3)C(C(N)=O)=C(C)N2. The van der Waals surface area contributed by atoms with Crippen molar-refractivity contribution in [1.82, 2.24) is 4.98 Å². The number of carbonyl (C=O) groups is 1. The van der Waals surface area contributed by atoms with Crippen molar-refractivity contribution in [1.29, 1.82) is 5.26 Å². The van der Waals surface area contributed by atoms with Crippen molar-refractivity contribution in [3.05, 3.63) is 57.4 Å². The molecule has 2 aliphatic rings. The van der Waals surface area contributed by atoms with Gasteiger partial charge in [-0.2, -0.15) is 5.26 Å². The molecule has 3 heterocycles. The highest BCUT2D eigenvalue weighted by molar-refractivity contribution is 5.98. The van der Waals surface area contributed by atoms with Crippen LogP contribution in [0, 0.1) is 18.3 Å². The van der Waals surface area contributed by atoms with Crippen molar-refractivity contribution >= 4 is 11.6 Å². The van der Waals surface area contributed by atoms with Crippen LogP contribution in [0.4, 0.5) is 5.69 Å². The highest BCUT2D eigenvalue weighted by Crippen LogP contribution is 2.50. The monoisotopic (exact) mass is 390 g/mol. The van der Waals surface area contributed by atoms with E-state index < -0.39 is 11.8 Å². The number of amides is 1. The van der Waals surface area contributed by atoms with Crippen molar-refractivity contribution in [2.24, 2.45) is 5.73 Å². The first-order valence-electron chi connectivity index (χ1n) is 9.56. The number of nitrogens with one attached hydrogen (secondary N) is 1. The van der Waals surface area contributed by atoms with Crippen LogP contribution in [0.25, 0.3) is 0 Å². The van der Waals surface area contributed by atoms with E-state index in [0.29, 0.717) is 48.1 Å². The summed E-state index contributed by atoms with van der Waals surface area (Å²) in [7, 11) is 0. The van der Waals surface area contributed by atoms with Crippen molar-refractivity contribution in [3.8, 4) is 17.7 Å². The first-order valence-corrected chi connectivity index (χ1v) is 9.56. The molecule has 4 rings (SSSR count). The number of fused-ring (bicyclic) bond motifs is 2. The van der Waals surface area contributed by atoms with E-state index in [2.05, 4.69) is 16.4 Å². The van der Waals surface area contributed by atoms with E-state index in [4.69, 9.17) is 15.2 Å². The number of carbonyl (C=O) groups excluding carboxylic acids is 1. The highest BCUT2D eigenvalue weighted by Gasteiger charge is 2.38. The van der Waals surface area contributed by atoms with Gasteiger partial charge in [0.25, 0.3) is 0 Å². The third-order valence-corrected chi connectivity index (χ3v) is 5.43. The van der Waals surface area contributed by atoms with Crippen molar-refractivity contribution < 1.29 is 14.3 Å². The largest absolute Gasteiger partial charge is 0.493 e. The zero-order valence-electron chi connectivity index (χ0n) is 16.6. The molecule has 7 heteroatoms. The summed E-state index contributed by atoms with van der Waals surface area (Å²) < 4.78 is 11.7. The van der Waals surface area contributed by atoms with Gasteiger partial charge in [-0.3, -0.25) is 4.79 Å². The number of pyridine rings is 1. The van der Waals surface area contributed by atoms with Gasteiger partial charge in [0.2, 0.25) is 11.8 Å². The van der Waals surface area contributed by atoms with E-state index in [9.17, 15) is 10.1 Å². The lowest BCUT2D eigenvalue weighted by atomic mass is 9.79. The molecule has 7 nitrogen and oxygen atoms in total. The van der Waals surface area contributed by atoms with Crippen LogP contribution in [0.15, 0.2) is 29.6 Å². The van der Waals surface area contributed by atoms with Gasteiger partial charge in [0, 0.05) is 35.0 Å². The molecular weight excluding hydrogens is 368 g/mol. The van der Waals surface area contributed by atoms with Crippen LogP contribution in [-0.2, 0) is 11.2 Å². The molecule has 0 aliphatic carbocycles. The second-order valence-corrected chi connectivity index (χ2v) is 7.15. The van der Waals surface area contributed by atoms with E-state index in [-0.39, 0.29) is 0 Å². The Kier molecular flexibility index (Phi) is 4.63. The molecule has 3 N–H and O–H groups in total. The minimum atomic E-state index is -0.522. The number of primary amides is 1. The van der Waals surface area contributed by atoms with Gasteiger partial charge in [-0.15, -0.1) is 0 Å². The molecule has 1 aromatic heterocycles. The molecule has 1 amide bonds. The number of aromatic nitrogens is 1. The van der Waals surface area contributed by atoms with Crippen LogP contribution in [0.3, 0.4) is 0 Å². The molecule has 0 bridgehead atoms. The number of nitrogens with two attached hydrogens (primary N) is 1. The van der Waals surface area contributed by atoms with Crippen LogP contribution in [0.2, 0.25) is 0 Å². The number of rotatable bonds is 4. The Morgan fingerprint density at radius 2 is 2.24 bits per heavy atom. The van der Waals surface area contributed by atoms with Crippen LogP contribution >= 0.6 is 0 Å². The van der Waals surface area contributed by atoms with Gasteiger partial charge in [-0.25, -0.2) is 4.98 Å². The van der Waals surface area contributed by atoms with Gasteiger partial charge in [-0.1, -0.05) is 6.07 Å². The molecule has 2 aliphatic heterocycles. The number of nitrogens with zero attached hydrogens (tertiary/aromatic N) is 2.